The van der Waals surface area contributed by atoms with Crippen molar-refractivity contribution in [1.29, 1.82) is 0 Å². The van der Waals surface area contributed by atoms with Gasteiger partial charge in [0, 0.05) is 12.7 Å². The van der Waals surface area contributed by atoms with Crippen LogP contribution in [0.5, 0.6) is 0 Å². The van der Waals surface area contributed by atoms with Crippen molar-refractivity contribution in [2.24, 2.45) is 0 Å². The number of rotatable bonds is 4. The van der Waals surface area contributed by atoms with E-state index in [1.54, 1.807) is 7.05 Å². The van der Waals surface area contributed by atoms with Gasteiger partial charge in [0.1, 0.15) is 5.54 Å². The highest BCUT2D eigenvalue weighted by Crippen LogP contribution is 2.25. The van der Waals surface area contributed by atoms with Gasteiger partial charge in [-0.05, 0) is 37.0 Å². The van der Waals surface area contributed by atoms with Gasteiger partial charge in [0.15, 0.2) is 0 Å². The number of hydrogen-bond donors (Lipinski definition) is 1. The molecule has 0 spiro atoms. The average Bonchev–Trinajstić information content (AvgIpc) is 2.36. The SMILES string of the molecule is CON(C)C(=O)C(C)(C)Nc1ccc(C(C)(C)C)cc1. The van der Waals surface area contributed by atoms with Crippen LogP contribution < -0.4 is 5.32 Å². The molecule has 0 unspecified atom stereocenters. The maximum Gasteiger partial charge on any atom is 0.270 e. The second-order valence-corrected chi connectivity index (χ2v) is 6.56. The molecule has 0 fully saturated rings. The van der Waals surface area contributed by atoms with E-state index in [9.17, 15) is 4.79 Å². The summed E-state index contributed by atoms with van der Waals surface area (Å²) in [5.74, 6) is -0.125. The zero-order valence-corrected chi connectivity index (χ0v) is 13.6. The van der Waals surface area contributed by atoms with Crippen LogP contribution in [-0.4, -0.2) is 30.7 Å². The number of carbonyl (C=O) groups excluding carboxylic acids is 1. The molecule has 0 bridgehead atoms. The van der Waals surface area contributed by atoms with Gasteiger partial charge in [-0.2, -0.15) is 0 Å². The molecule has 0 aliphatic carbocycles. The fourth-order valence-electron chi connectivity index (χ4n) is 1.94. The molecule has 0 aliphatic heterocycles. The Morgan fingerprint density at radius 3 is 2.00 bits per heavy atom. The smallest absolute Gasteiger partial charge is 0.270 e. The van der Waals surface area contributed by atoms with Crippen molar-refractivity contribution in [1.82, 2.24) is 5.06 Å². The summed E-state index contributed by atoms with van der Waals surface area (Å²) in [6.45, 7) is 10.2. The number of hydrogen-bond acceptors (Lipinski definition) is 3. The van der Waals surface area contributed by atoms with E-state index in [-0.39, 0.29) is 11.3 Å². The largest absolute Gasteiger partial charge is 0.372 e. The summed E-state index contributed by atoms with van der Waals surface area (Å²) in [6, 6.07) is 8.18. The Labute approximate surface area is 122 Å². The summed E-state index contributed by atoms with van der Waals surface area (Å²) in [5, 5.41) is 4.47. The molecular formula is C16H26N2O2. The summed E-state index contributed by atoms with van der Waals surface area (Å²) in [6.07, 6.45) is 0. The average molecular weight is 278 g/mol. The van der Waals surface area contributed by atoms with Crippen LogP contribution in [0.4, 0.5) is 5.69 Å². The lowest BCUT2D eigenvalue weighted by molar-refractivity contribution is -0.172. The molecule has 20 heavy (non-hydrogen) atoms. The van der Waals surface area contributed by atoms with Crippen LogP contribution in [0, 0.1) is 0 Å². The zero-order valence-electron chi connectivity index (χ0n) is 13.6. The third-order valence-corrected chi connectivity index (χ3v) is 3.30. The normalized spacial score (nSPS) is 12.2. The molecule has 0 radical (unpaired) electrons. The number of anilines is 1. The quantitative estimate of drug-likeness (QED) is 0.860. The van der Waals surface area contributed by atoms with Crippen LogP contribution in [0.15, 0.2) is 24.3 Å². The Balaban J connectivity index is 2.85. The number of hydroxylamine groups is 2. The Morgan fingerprint density at radius 1 is 1.10 bits per heavy atom. The molecule has 1 amide bonds. The minimum Gasteiger partial charge on any atom is -0.372 e. The molecule has 0 atom stereocenters. The van der Waals surface area contributed by atoms with E-state index in [2.05, 4.69) is 38.2 Å². The first-order chi connectivity index (χ1) is 9.08. The maximum atomic E-state index is 12.2. The second kappa shape index (κ2) is 5.83. The van der Waals surface area contributed by atoms with Gasteiger partial charge in [0.05, 0.1) is 7.11 Å². The van der Waals surface area contributed by atoms with E-state index in [1.165, 1.54) is 17.7 Å². The molecule has 0 aliphatic rings. The van der Waals surface area contributed by atoms with Crippen LogP contribution in [0.1, 0.15) is 40.2 Å². The highest BCUT2D eigenvalue weighted by molar-refractivity contribution is 5.87. The van der Waals surface area contributed by atoms with E-state index in [4.69, 9.17) is 4.84 Å². The van der Waals surface area contributed by atoms with Gasteiger partial charge < -0.3 is 5.32 Å². The van der Waals surface area contributed by atoms with Gasteiger partial charge in [-0.25, -0.2) is 5.06 Å². The predicted molar refractivity (Wildman–Crippen MR) is 82.6 cm³/mol. The molecule has 4 heteroatoms. The van der Waals surface area contributed by atoms with Crippen molar-refractivity contribution in [3.63, 3.8) is 0 Å². The molecule has 1 rings (SSSR count). The number of nitrogens with zero attached hydrogens (tertiary/aromatic N) is 1. The lowest BCUT2D eigenvalue weighted by Gasteiger charge is -2.30. The summed E-state index contributed by atoms with van der Waals surface area (Å²) < 4.78 is 0. The summed E-state index contributed by atoms with van der Waals surface area (Å²) in [5.41, 5.74) is 1.58. The topological polar surface area (TPSA) is 41.6 Å². The van der Waals surface area contributed by atoms with Gasteiger partial charge >= 0.3 is 0 Å². The molecule has 4 nitrogen and oxygen atoms in total. The van der Waals surface area contributed by atoms with Gasteiger partial charge in [-0.3, -0.25) is 9.63 Å². The molecule has 0 aromatic heterocycles. The molecule has 1 aromatic rings. The molecule has 0 saturated carbocycles. The predicted octanol–water partition coefficient (Wildman–Crippen LogP) is 3.19. The molecule has 1 aromatic carbocycles. The van der Waals surface area contributed by atoms with E-state index < -0.39 is 5.54 Å². The minimum absolute atomic E-state index is 0.125. The van der Waals surface area contributed by atoms with E-state index in [1.807, 2.05) is 26.0 Å². The van der Waals surface area contributed by atoms with Crippen molar-refractivity contribution in [2.75, 3.05) is 19.5 Å². The summed E-state index contributed by atoms with van der Waals surface area (Å²) in [4.78, 5) is 17.1. The fraction of sp³-hybridized carbons (Fsp3) is 0.562. The summed E-state index contributed by atoms with van der Waals surface area (Å²) in [7, 11) is 3.08. The van der Waals surface area contributed by atoms with Crippen LogP contribution in [0.2, 0.25) is 0 Å². The van der Waals surface area contributed by atoms with Crippen molar-refractivity contribution in [3.05, 3.63) is 29.8 Å². The molecule has 1 N–H and O–H groups in total. The van der Waals surface area contributed by atoms with Crippen molar-refractivity contribution >= 4 is 11.6 Å². The molecule has 112 valence electrons. The Kier molecular flexibility index (Phi) is 4.81. The number of amides is 1. The minimum atomic E-state index is -0.728. The van der Waals surface area contributed by atoms with Crippen LogP contribution in [0.25, 0.3) is 0 Å². The number of carbonyl (C=O) groups is 1. The molecular weight excluding hydrogens is 252 g/mol. The van der Waals surface area contributed by atoms with Crippen molar-refractivity contribution in [3.8, 4) is 0 Å². The first kappa shape index (κ1) is 16.5. The van der Waals surface area contributed by atoms with Gasteiger partial charge in [-0.15, -0.1) is 0 Å². The van der Waals surface area contributed by atoms with Crippen LogP contribution >= 0.6 is 0 Å². The third-order valence-electron chi connectivity index (χ3n) is 3.30. The Morgan fingerprint density at radius 2 is 1.60 bits per heavy atom. The van der Waals surface area contributed by atoms with Crippen LogP contribution in [0.3, 0.4) is 0 Å². The number of likely N-dealkylation sites (N-methyl/N-ethyl adjacent to an activating group) is 1. The zero-order chi connectivity index (χ0) is 15.6. The van der Waals surface area contributed by atoms with Crippen LogP contribution in [-0.2, 0) is 15.0 Å². The van der Waals surface area contributed by atoms with E-state index in [0.717, 1.165) is 5.69 Å². The Bertz CT molecular complexity index is 458. The van der Waals surface area contributed by atoms with E-state index in [0.29, 0.717) is 0 Å². The highest BCUT2D eigenvalue weighted by atomic mass is 16.7. The number of nitrogens with one attached hydrogen (secondary N) is 1. The molecule has 0 heterocycles. The lowest BCUT2D eigenvalue weighted by atomic mass is 9.87. The fourth-order valence-corrected chi connectivity index (χ4v) is 1.94. The monoisotopic (exact) mass is 278 g/mol. The first-order valence-corrected chi connectivity index (χ1v) is 6.79. The maximum absolute atomic E-state index is 12.2. The van der Waals surface area contributed by atoms with Crippen molar-refractivity contribution in [2.45, 2.75) is 45.6 Å². The van der Waals surface area contributed by atoms with Crippen molar-refractivity contribution < 1.29 is 9.63 Å². The second-order valence-electron chi connectivity index (χ2n) is 6.56. The van der Waals surface area contributed by atoms with E-state index >= 15 is 0 Å². The van der Waals surface area contributed by atoms with Gasteiger partial charge in [0.2, 0.25) is 0 Å². The standard InChI is InChI=1S/C16H26N2O2/c1-15(2,3)12-8-10-13(11-9-12)17-16(4,5)14(19)18(6)20-7/h8-11,17H,1-7H3. The highest BCUT2D eigenvalue weighted by Gasteiger charge is 2.30. The van der Waals surface area contributed by atoms with Gasteiger partial charge in [-0.1, -0.05) is 32.9 Å². The first-order valence-electron chi connectivity index (χ1n) is 6.79. The Hall–Kier alpha value is -1.55. The third kappa shape index (κ3) is 3.97. The van der Waals surface area contributed by atoms with Gasteiger partial charge in [0.25, 0.3) is 5.91 Å². The molecule has 0 saturated heterocycles. The lowest BCUT2D eigenvalue weighted by Crippen LogP contribution is -2.48. The number of benzene rings is 1. The summed E-state index contributed by atoms with van der Waals surface area (Å²) >= 11 is 0.